The molecule has 0 unspecified atom stereocenters. The van der Waals surface area contributed by atoms with E-state index in [1.807, 2.05) is 30.3 Å². The van der Waals surface area contributed by atoms with E-state index < -0.39 is 5.97 Å². The number of carbonyl (C=O) groups excluding carboxylic acids is 1. The van der Waals surface area contributed by atoms with Crippen molar-refractivity contribution in [1.82, 2.24) is 9.78 Å². The van der Waals surface area contributed by atoms with Gasteiger partial charge in [-0.1, -0.05) is 30.3 Å². The van der Waals surface area contributed by atoms with Gasteiger partial charge in [0.2, 0.25) is 0 Å². The molecule has 0 spiro atoms. The minimum Gasteiger partial charge on any atom is -0.464 e. The van der Waals surface area contributed by atoms with Crippen molar-refractivity contribution in [2.75, 3.05) is 7.11 Å². The fourth-order valence-corrected chi connectivity index (χ4v) is 1.55. The molecule has 4 nitrogen and oxygen atoms in total. The van der Waals surface area contributed by atoms with Gasteiger partial charge in [0, 0.05) is 7.05 Å². The fourth-order valence-electron chi connectivity index (χ4n) is 1.55. The summed E-state index contributed by atoms with van der Waals surface area (Å²) in [6, 6.07) is 11.5. The Balaban J connectivity index is 2.44. The summed E-state index contributed by atoms with van der Waals surface area (Å²) in [5, 5.41) is 4.10. The number of nitrogens with zero attached hydrogens (tertiary/aromatic N) is 2. The van der Waals surface area contributed by atoms with Gasteiger partial charge in [-0.05, 0) is 11.6 Å². The Morgan fingerprint density at radius 2 is 2.00 bits per heavy atom. The molecule has 0 atom stereocenters. The summed E-state index contributed by atoms with van der Waals surface area (Å²) in [5.41, 5.74) is 2.23. The van der Waals surface area contributed by atoms with Crippen molar-refractivity contribution in [3.63, 3.8) is 0 Å². The highest BCUT2D eigenvalue weighted by Gasteiger charge is 2.13. The number of carbonyl (C=O) groups is 1. The number of aryl methyl sites for hydroxylation is 1. The molecule has 1 aromatic heterocycles. The average molecular weight is 216 g/mol. The minimum absolute atomic E-state index is 0.323. The maximum Gasteiger partial charge on any atom is 0.358 e. The average Bonchev–Trinajstić information content (AvgIpc) is 2.71. The highest BCUT2D eigenvalue weighted by atomic mass is 16.5. The third kappa shape index (κ3) is 1.82. The number of rotatable bonds is 2. The van der Waals surface area contributed by atoms with Crippen molar-refractivity contribution in [2.24, 2.45) is 7.05 Å². The first-order chi connectivity index (χ1) is 7.72. The monoisotopic (exact) mass is 216 g/mol. The Morgan fingerprint density at radius 3 is 2.62 bits per heavy atom. The van der Waals surface area contributed by atoms with E-state index in [1.54, 1.807) is 17.8 Å². The maximum atomic E-state index is 11.3. The molecule has 0 amide bonds. The van der Waals surface area contributed by atoms with Crippen molar-refractivity contribution in [1.29, 1.82) is 0 Å². The third-order valence-corrected chi connectivity index (χ3v) is 2.34. The molecule has 0 fully saturated rings. The molecule has 16 heavy (non-hydrogen) atoms. The van der Waals surface area contributed by atoms with E-state index in [1.165, 1.54) is 7.11 Å². The summed E-state index contributed by atoms with van der Waals surface area (Å²) in [6.07, 6.45) is 0. The fraction of sp³-hybridized carbons (Fsp3) is 0.167. The van der Waals surface area contributed by atoms with E-state index in [2.05, 4.69) is 9.84 Å². The molecule has 1 heterocycles. The Kier molecular flexibility index (Phi) is 2.72. The van der Waals surface area contributed by atoms with Crippen LogP contribution in [0.1, 0.15) is 10.5 Å². The second-order valence-corrected chi connectivity index (χ2v) is 3.40. The lowest BCUT2D eigenvalue weighted by molar-refractivity contribution is 0.0593. The topological polar surface area (TPSA) is 44.1 Å². The molecule has 0 saturated carbocycles. The predicted molar refractivity (Wildman–Crippen MR) is 60.0 cm³/mol. The van der Waals surface area contributed by atoms with Crippen molar-refractivity contribution >= 4 is 5.97 Å². The van der Waals surface area contributed by atoms with E-state index in [0.29, 0.717) is 5.69 Å². The molecule has 82 valence electrons. The van der Waals surface area contributed by atoms with Crippen molar-refractivity contribution < 1.29 is 9.53 Å². The first-order valence-corrected chi connectivity index (χ1v) is 4.90. The molecule has 2 aromatic rings. The second kappa shape index (κ2) is 4.18. The van der Waals surface area contributed by atoms with Gasteiger partial charge in [-0.2, -0.15) is 5.10 Å². The lowest BCUT2D eigenvalue weighted by Crippen LogP contribution is -2.02. The molecular formula is C12H12N2O2. The Morgan fingerprint density at radius 1 is 1.31 bits per heavy atom. The van der Waals surface area contributed by atoms with E-state index in [-0.39, 0.29) is 0 Å². The lowest BCUT2D eigenvalue weighted by atomic mass is 10.1. The minimum atomic E-state index is -0.419. The van der Waals surface area contributed by atoms with Gasteiger partial charge in [0.15, 0.2) is 5.69 Å². The van der Waals surface area contributed by atoms with Crippen LogP contribution in [0.15, 0.2) is 36.4 Å². The van der Waals surface area contributed by atoms with Gasteiger partial charge in [-0.25, -0.2) is 4.79 Å². The van der Waals surface area contributed by atoms with Gasteiger partial charge in [-0.3, -0.25) is 4.68 Å². The van der Waals surface area contributed by atoms with Crippen LogP contribution >= 0.6 is 0 Å². The molecule has 0 aliphatic rings. The number of ether oxygens (including phenoxy) is 1. The van der Waals surface area contributed by atoms with Crippen LogP contribution in [-0.4, -0.2) is 22.9 Å². The van der Waals surface area contributed by atoms with Gasteiger partial charge < -0.3 is 4.74 Å². The zero-order valence-corrected chi connectivity index (χ0v) is 9.18. The quantitative estimate of drug-likeness (QED) is 0.720. The molecule has 0 saturated heterocycles. The molecular weight excluding hydrogens is 204 g/mol. The van der Waals surface area contributed by atoms with E-state index in [0.717, 1.165) is 11.3 Å². The number of benzene rings is 1. The lowest BCUT2D eigenvalue weighted by Gasteiger charge is -1.99. The number of methoxy groups -OCH3 is 1. The van der Waals surface area contributed by atoms with Gasteiger partial charge in [0.05, 0.1) is 12.8 Å². The first-order valence-electron chi connectivity index (χ1n) is 4.90. The second-order valence-electron chi connectivity index (χ2n) is 3.40. The van der Waals surface area contributed by atoms with Gasteiger partial charge >= 0.3 is 5.97 Å². The molecule has 2 rings (SSSR count). The summed E-state index contributed by atoms with van der Waals surface area (Å²) in [4.78, 5) is 11.3. The van der Waals surface area contributed by atoms with Crippen LogP contribution in [0.3, 0.4) is 0 Å². The number of hydrogen-bond acceptors (Lipinski definition) is 3. The van der Waals surface area contributed by atoms with Gasteiger partial charge in [0.1, 0.15) is 0 Å². The van der Waals surface area contributed by atoms with Crippen molar-refractivity contribution in [2.45, 2.75) is 0 Å². The zero-order chi connectivity index (χ0) is 11.5. The molecule has 0 N–H and O–H groups in total. The molecule has 0 aliphatic carbocycles. The molecule has 0 aliphatic heterocycles. The van der Waals surface area contributed by atoms with Crippen LogP contribution in [-0.2, 0) is 11.8 Å². The summed E-state index contributed by atoms with van der Waals surface area (Å²) < 4.78 is 6.29. The van der Waals surface area contributed by atoms with Crippen molar-refractivity contribution in [3.05, 3.63) is 42.1 Å². The molecule has 0 bridgehead atoms. The van der Waals surface area contributed by atoms with E-state index >= 15 is 0 Å². The normalized spacial score (nSPS) is 10.1. The summed E-state index contributed by atoms with van der Waals surface area (Å²) in [6.45, 7) is 0. The Labute approximate surface area is 93.5 Å². The smallest absolute Gasteiger partial charge is 0.358 e. The van der Waals surface area contributed by atoms with Gasteiger partial charge in [0.25, 0.3) is 0 Å². The van der Waals surface area contributed by atoms with E-state index in [4.69, 9.17) is 0 Å². The summed E-state index contributed by atoms with van der Waals surface area (Å²) in [5.74, 6) is -0.419. The van der Waals surface area contributed by atoms with Gasteiger partial charge in [-0.15, -0.1) is 0 Å². The number of hydrogen-bond donors (Lipinski definition) is 0. The highest BCUT2D eigenvalue weighted by molar-refractivity contribution is 5.88. The zero-order valence-electron chi connectivity index (χ0n) is 9.18. The van der Waals surface area contributed by atoms with Crippen LogP contribution in [0, 0.1) is 0 Å². The van der Waals surface area contributed by atoms with Crippen molar-refractivity contribution in [3.8, 4) is 11.3 Å². The van der Waals surface area contributed by atoms with Crippen LogP contribution in [0.2, 0.25) is 0 Å². The predicted octanol–water partition coefficient (Wildman–Crippen LogP) is 1.87. The number of aromatic nitrogens is 2. The van der Waals surface area contributed by atoms with E-state index in [9.17, 15) is 4.79 Å². The van der Waals surface area contributed by atoms with Crippen LogP contribution < -0.4 is 0 Å². The number of esters is 1. The summed E-state index contributed by atoms with van der Waals surface area (Å²) >= 11 is 0. The Hall–Kier alpha value is -2.10. The first kappa shape index (κ1) is 10.4. The van der Waals surface area contributed by atoms with Crippen LogP contribution in [0.4, 0.5) is 0 Å². The summed E-state index contributed by atoms with van der Waals surface area (Å²) in [7, 11) is 3.15. The molecule has 1 aromatic carbocycles. The molecule has 4 heteroatoms. The van der Waals surface area contributed by atoms with Crippen LogP contribution in [0.5, 0.6) is 0 Å². The molecule has 0 radical (unpaired) electrons. The standard InChI is InChI=1S/C12H12N2O2/c1-14-11(9-6-4-3-5-7-9)8-10(13-14)12(15)16-2/h3-8H,1-2H3. The SMILES string of the molecule is COC(=O)c1cc(-c2ccccc2)n(C)n1. The maximum absolute atomic E-state index is 11.3. The van der Waals surface area contributed by atoms with Crippen LogP contribution in [0.25, 0.3) is 11.3 Å². The highest BCUT2D eigenvalue weighted by Crippen LogP contribution is 2.19. The largest absolute Gasteiger partial charge is 0.464 e. The Bertz CT molecular complexity index is 503. The third-order valence-electron chi connectivity index (χ3n) is 2.34.